The van der Waals surface area contributed by atoms with Crippen molar-refractivity contribution in [2.24, 2.45) is 0 Å². The first-order valence-corrected chi connectivity index (χ1v) is 7.46. The van der Waals surface area contributed by atoms with E-state index in [1.807, 2.05) is 23.6 Å². The molecule has 2 aromatic carbocycles. The number of benzene rings is 2. The van der Waals surface area contributed by atoms with Crippen molar-refractivity contribution in [1.82, 2.24) is 0 Å². The highest BCUT2D eigenvalue weighted by atomic mass is 35.5. The largest absolute Gasteiger partial charge is 0.496 e. The van der Waals surface area contributed by atoms with E-state index in [4.69, 9.17) is 16.3 Å². The van der Waals surface area contributed by atoms with E-state index in [2.05, 4.69) is 6.07 Å². The molecule has 3 aromatic rings. The second-order valence-corrected chi connectivity index (χ2v) is 5.78. The summed E-state index contributed by atoms with van der Waals surface area (Å²) in [7, 11) is 1.56. The number of hydrogen-bond acceptors (Lipinski definition) is 2. The molecule has 1 nitrogen and oxygen atoms in total. The lowest BCUT2D eigenvalue weighted by molar-refractivity contribution is 0.409. The SMILES string of the molecule is COc1ccc(F)cc1C(Cl)c1csc2ccccc12. The number of alkyl halides is 1. The zero-order chi connectivity index (χ0) is 14.1. The Hall–Kier alpha value is -1.58. The van der Waals surface area contributed by atoms with Crippen molar-refractivity contribution in [3.8, 4) is 5.75 Å². The van der Waals surface area contributed by atoms with Gasteiger partial charge in [0.1, 0.15) is 11.6 Å². The Morgan fingerprint density at radius 2 is 1.95 bits per heavy atom. The second-order valence-electron chi connectivity index (χ2n) is 4.44. The van der Waals surface area contributed by atoms with Crippen LogP contribution in [0.5, 0.6) is 5.75 Å². The van der Waals surface area contributed by atoms with Crippen molar-refractivity contribution in [3.05, 3.63) is 64.8 Å². The van der Waals surface area contributed by atoms with Crippen molar-refractivity contribution in [1.29, 1.82) is 0 Å². The smallest absolute Gasteiger partial charge is 0.124 e. The van der Waals surface area contributed by atoms with Crippen LogP contribution in [-0.2, 0) is 0 Å². The molecule has 1 atom stereocenters. The number of hydrogen-bond donors (Lipinski definition) is 0. The first-order valence-electron chi connectivity index (χ1n) is 6.14. The molecule has 0 aliphatic carbocycles. The molecule has 0 N–H and O–H groups in total. The molecule has 0 amide bonds. The van der Waals surface area contributed by atoms with Crippen molar-refractivity contribution in [3.63, 3.8) is 0 Å². The molecule has 0 aliphatic heterocycles. The molecule has 0 aliphatic rings. The Labute approximate surface area is 125 Å². The average molecular weight is 307 g/mol. The Morgan fingerprint density at radius 3 is 2.75 bits per heavy atom. The third-order valence-electron chi connectivity index (χ3n) is 3.25. The van der Waals surface area contributed by atoms with Gasteiger partial charge in [-0.1, -0.05) is 18.2 Å². The number of methoxy groups -OCH3 is 1. The van der Waals surface area contributed by atoms with Gasteiger partial charge in [-0.2, -0.15) is 0 Å². The molecule has 20 heavy (non-hydrogen) atoms. The van der Waals surface area contributed by atoms with Gasteiger partial charge in [0, 0.05) is 10.3 Å². The molecule has 1 unspecified atom stereocenters. The van der Waals surface area contributed by atoms with Gasteiger partial charge in [-0.25, -0.2) is 4.39 Å². The van der Waals surface area contributed by atoms with Gasteiger partial charge in [-0.05, 0) is 40.6 Å². The van der Waals surface area contributed by atoms with Gasteiger partial charge in [-0.3, -0.25) is 0 Å². The summed E-state index contributed by atoms with van der Waals surface area (Å²) in [5.41, 5.74) is 1.63. The molecule has 0 spiro atoms. The van der Waals surface area contributed by atoms with Crippen LogP contribution in [-0.4, -0.2) is 7.11 Å². The predicted octanol–water partition coefficient (Wildman–Crippen LogP) is 5.38. The molecule has 3 rings (SSSR count). The van der Waals surface area contributed by atoms with Crippen LogP contribution in [0.4, 0.5) is 4.39 Å². The standard InChI is InChI=1S/C16H12ClFOS/c1-19-14-7-6-10(18)8-12(14)16(17)13-9-20-15-5-3-2-4-11(13)15/h2-9,16H,1H3. The van der Waals surface area contributed by atoms with Gasteiger partial charge in [0.25, 0.3) is 0 Å². The third-order valence-corrected chi connectivity index (χ3v) is 4.70. The van der Waals surface area contributed by atoms with E-state index in [-0.39, 0.29) is 5.82 Å². The fourth-order valence-electron chi connectivity index (χ4n) is 2.27. The predicted molar refractivity (Wildman–Crippen MR) is 82.5 cm³/mol. The van der Waals surface area contributed by atoms with Crippen LogP contribution in [0.1, 0.15) is 16.5 Å². The van der Waals surface area contributed by atoms with Gasteiger partial charge in [0.15, 0.2) is 0 Å². The molecule has 1 heterocycles. The van der Waals surface area contributed by atoms with Crippen LogP contribution in [0, 0.1) is 5.82 Å². The summed E-state index contributed by atoms with van der Waals surface area (Å²) < 4.78 is 19.9. The van der Waals surface area contributed by atoms with Crippen LogP contribution in [0.25, 0.3) is 10.1 Å². The van der Waals surface area contributed by atoms with Gasteiger partial charge >= 0.3 is 0 Å². The maximum Gasteiger partial charge on any atom is 0.124 e. The highest BCUT2D eigenvalue weighted by Crippen LogP contribution is 2.40. The molecule has 1 aromatic heterocycles. The molecule has 0 fully saturated rings. The van der Waals surface area contributed by atoms with Crippen molar-refractivity contribution in [2.45, 2.75) is 5.38 Å². The van der Waals surface area contributed by atoms with E-state index in [9.17, 15) is 4.39 Å². The van der Waals surface area contributed by atoms with E-state index in [1.54, 1.807) is 24.5 Å². The van der Waals surface area contributed by atoms with Gasteiger partial charge < -0.3 is 4.74 Å². The zero-order valence-corrected chi connectivity index (χ0v) is 12.3. The minimum absolute atomic E-state index is 0.314. The molecule has 0 radical (unpaired) electrons. The maximum absolute atomic E-state index is 13.5. The summed E-state index contributed by atoms with van der Waals surface area (Å²) in [6, 6.07) is 12.5. The summed E-state index contributed by atoms with van der Waals surface area (Å²) in [5, 5.41) is 2.69. The monoisotopic (exact) mass is 306 g/mol. The van der Waals surface area contributed by atoms with E-state index >= 15 is 0 Å². The summed E-state index contributed by atoms with van der Waals surface area (Å²) in [6.07, 6.45) is 0. The Balaban J connectivity index is 2.13. The molecule has 102 valence electrons. The Kier molecular flexibility index (Phi) is 3.64. The van der Waals surface area contributed by atoms with E-state index < -0.39 is 5.38 Å². The van der Waals surface area contributed by atoms with E-state index in [1.165, 1.54) is 16.8 Å². The van der Waals surface area contributed by atoms with Crippen LogP contribution in [0.2, 0.25) is 0 Å². The molecule has 0 saturated heterocycles. The highest BCUT2D eigenvalue weighted by molar-refractivity contribution is 7.17. The molecule has 0 saturated carbocycles. The van der Waals surface area contributed by atoms with Gasteiger partial charge in [0.05, 0.1) is 12.5 Å². The Morgan fingerprint density at radius 1 is 1.15 bits per heavy atom. The van der Waals surface area contributed by atoms with E-state index in [0.29, 0.717) is 11.3 Å². The number of ether oxygens (including phenoxy) is 1. The van der Waals surface area contributed by atoms with Crippen LogP contribution >= 0.6 is 22.9 Å². The number of thiophene rings is 1. The lowest BCUT2D eigenvalue weighted by Crippen LogP contribution is -1.97. The quantitative estimate of drug-likeness (QED) is 0.590. The van der Waals surface area contributed by atoms with Crippen molar-refractivity contribution >= 4 is 33.0 Å². The van der Waals surface area contributed by atoms with Crippen LogP contribution in [0.15, 0.2) is 47.8 Å². The van der Waals surface area contributed by atoms with Crippen LogP contribution in [0.3, 0.4) is 0 Å². The molecule has 4 heteroatoms. The number of rotatable bonds is 3. The summed E-state index contributed by atoms with van der Waals surface area (Å²) in [5.74, 6) is 0.285. The fraction of sp³-hybridized carbons (Fsp3) is 0.125. The lowest BCUT2D eigenvalue weighted by Gasteiger charge is -2.14. The topological polar surface area (TPSA) is 9.23 Å². The van der Waals surface area contributed by atoms with Gasteiger partial charge in [-0.15, -0.1) is 22.9 Å². The molecular weight excluding hydrogens is 295 g/mol. The fourth-order valence-corrected chi connectivity index (χ4v) is 3.68. The molecular formula is C16H12ClFOS. The van der Waals surface area contributed by atoms with E-state index in [0.717, 1.165) is 10.9 Å². The van der Waals surface area contributed by atoms with Crippen LogP contribution < -0.4 is 4.74 Å². The summed E-state index contributed by atoms with van der Waals surface area (Å²) >= 11 is 8.20. The zero-order valence-electron chi connectivity index (χ0n) is 10.8. The Bertz CT molecular complexity index is 753. The summed E-state index contributed by atoms with van der Waals surface area (Å²) in [4.78, 5) is 0. The normalized spacial score (nSPS) is 12.6. The molecule has 0 bridgehead atoms. The first kappa shape index (κ1) is 13.4. The van der Waals surface area contributed by atoms with Crippen molar-refractivity contribution < 1.29 is 9.13 Å². The number of fused-ring (bicyclic) bond motifs is 1. The maximum atomic E-state index is 13.5. The highest BCUT2D eigenvalue weighted by Gasteiger charge is 2.19. The lowest BCUT2D eigenvalue weighted by atomic mass is 10.0. The summed E-state index contributed by atoms with van der Waals surface area (Å²) in [6.45, 7) is 0. The van der Waals surface area contributed by atoms with Crippen molar-refractivity contribution in [2.75, 3.05) is 7.11 Å². The third kappa shape index (κ3) is 2.28. The minimum Gasteiger partial charge on any atom is -0.496 e. The number of halogens is 2. The first-order chi connectivity index (χ1) is 9.70. The van der Waals surface area contributed by atoms with Gasteiger partial charge in [0.2, 0.25) is 0 Å². The second kappa shape index (κ2) is 5.43. The minimum atomic E-state index is -0.434. The average Bonchev–Trinajstić information content (AvgIpc) is 2.90.